The van der Waals surface area contributed by atoms with E-state index in [1.807, 2.05) is 11.4 Å². The van der Waals surface area contributed by atoms with Crippen LogP contribution in [0.3, 0.4) is 0 Å². The van der Waals surface area contributed by atoms with Gasteiger partial charge >= 0.3 is 5.97 Å². The highest BCUT2D eigenvalue weighted by Gasteiger charge is 2.14. The monoisotopic (exact) mass is 354 g/mol. The number of nitro benzene ring substituents is 1. The minimum Gasteiger partial charge on any atom is -0.455 e. The molecule has 23 heavy (non-hydrogen) atoms. The van der Waals surface area contributed by atoms with Gasteiger partial charge in [0, 0.05) is 16.6 Å². The molecule has 1 N–H and O–H groups in total. The predicted octanol–water partition coefficient (Wildman–Crippen LogP) is 3.03. The molecule has 2 aromatic rings. The summed E-state index contributed by atoms with van der Waals surface area (Å²) in [5, 5.41) is 15.0. The van der Waals surface area contributed by atoms with Gasteiger partial charge in [-0.3, -0.25) is 19.7 Å². The second-order valence-electron chi connectivity index (χ2n) is 4.39. The van der Waals surface area contributed by atoms with E-state index in [-0.39, 0.29) is 22.8 Å². The quantitative estimate of drug-likeness (QED) is 0.488. The third kappa shape index (κ3) is 5.04. The molecule has 0 aliphatic rings. The Labute approximate surface area is 140 Å². The van der Waals surface area contributed by atoms with E-state index in [9.17, 15) is 19.7 Å². The lowest BCUT2D eigenvalue weighted by molar-refractivity contribution is -0.384. The number of nitrogens with one attached hydrogen (secondary N) is 1. The van der Waals surface area contributed by atoms with E-state index < -0.39 is 23.4 Å². The van der Waals surface area contributed by atoms with Crippen molar-refractivity contribution in [3.63, 3.8) is 0 Å². The molecule has 0 aliphatic heterocycles. The minimum absolute atomic E-state index is 0.0321. The lowest BCUT2D eigenvalue weighted by Crippen LogP contribution is -2.21. The number of ether oxygens (including phenoxy) is 1. The molecule has 0 bridgehead atoms. The average Bonchev–Trinajstić information content (AvgIpc) is 3.00. The highest BCUT2D eigenvalue weighted by atomic mass is 35.5. The number of nitro groups is 1. The highest BCUT2D eigenvalue weighted by Crippen LogP contribution is 2.27. The number of hydrogen-bond acceptors (Lipinski definition) is 6. The molecular formula is C14H11ClN2O5S. The summed E-state index contributed by atoms with van der Waals surface area (Å²) in [5.74, 6) is -1.12. The minimum atomic E-state index is -0.654. The second kappa shape index (κ2) is 7.70. The highest BCUT2D eigenvalue weighted by molar-refractivity contribution is 7.10. The average molecular weight is 355 g/mol. The van der Waals surface area contributed by atoms with Crippen LogP contribution >= 0.6 is 22.9 Å². The van der Waals surface area contributed by atoms with E-state index in [1.54, 1.807) is 6.07 Å². The Morgan fingerprint density at radius 2 is 2.13 bits per heavy atom. The van der Waals surface area contributed by atoms with Crippen LogP contribution in [0.25, 0.3) is 0 Å². The maximum Gasteiger partial charge on any atom is 0.311 e. The maximum absolute atomic E-state index is 11.7. The molecule has 1 heterocycles. The van der Waals surface area contributed by atoms with Crippen LogP contribution in [0.1, 0.15) is 4.88 Å². The summed E-state index contributed by atoms with van der Waals surface area (Å²) >= 11 is 7.09. The zero-order chi connectivity index (χ0) is 16.8. The largest absolute Gasteiger partial charge is 0.455 e. The lowest BCUT2D eigenvalue weighted by atomic mass is 10.3. The molecule has 0 atom stereocenters. The lowest BCUT2D eigenvalue weighted by Gasteiger charge is -2.06. The van der Waals surface area contributed by atoms with Crippen molar-refractivity contribution in [3.8, 4) is 0 Å². The van der Waals surface area contributed by atoms with Gasteiger partial charge in [-0.2, -0.15) is 0 Å². The molecule has 0 spiro atoms. The van der Waals surface area contributed by atoms with E-state index >= 15 is 0 Å². The van der Waals surface area contributed by atoms with Crippen molar-refractivity contribution in [1.82, 2.24) is 0 Å². The van der Waals surface area contributed by atoms with Gasteiger partial charge in [-0.25, -0.2) is 0 Å². The van der Waals surface area contributed by atoms with Crippen molar-refractivity contribution in [2.75, 3.05) is 11.9 Å². The number of carbonyl (C=O) groups is 2. The molecule has 9 heteroatoms. The van der Waals surface area contributed by atoms with Gasteiger partial charge in [0.25, 0.3) is 11.6 Å². The fraction of sp³-hybridized carbons (Fsp3) is 0.143. The fourth-order valence-corrected chi connectivity index (χ4v) is 2.56. The van der Waals surface area contributed by atoms with Crippen molar-refractivity contribution in [2.24, 2.45) is 0 Å². The van der Waals surface area contributed by atoms with Gasteiger partial charge in [-0.1, -0.05) is 17.7 Å². The van der Waals surface area contributed by atoms with Crippen LogP contribution in [0, 0.1) is 10.1 Å². The Morgan fingerprint density at radius 1 is 1.35 bits per heavy atom. The zero-order valence-corrected chi connectivity index (χ0v) is 13.2. The Hall–Kier alpha value is -2.45. The van der Waals surface area contributed by atoms with Crippen LogP contribution in [-0.2, 0) is 20.7 Å². The third-order valence-electron chi connectivity index (χ3n) is 2.69. The van der Waals surface area contributed by atoms with Crippen LogP contribution in [0.5, 0.6) is 0 Å². The molecule has 0 unspecified atom stereocenters. The molecular weight excluding hydrogens is 344 g/mol. The molecule has 0 saturated carbocycles. The second-order valence-corrected chi connectivity index (χ2v) is 5.83. The van der Waals surface area contributed by atoms with Gasteiger partial charge in [0.15, 0.2) is 6.61 Å². The maximum atomic E-state index is 11.7. The summed E-state index contributed by atoms with van der Waals surface area (Å²) < 4.78 is 4.85. The summed E-state index contributed by atoms with van der Waals surface area (Å²) in [4.78, 5) is 34.2. The molecule has 1 aromatic carbocycles. The van der Waals surface area contributed by atoms with Gasteiger partial charge < -0.3 is 10.1 Å². The van der Waals surface area contributed by atoms with Crippen LogP contribution in [0.15, 0.2) is 35.7 Å². The molecule has 1 aromatic heterocycles. The van der Waals surface area contributed by atoms with Crippen molar-refractivity contribution in [1.29, 1.82) is 0 Å². The van der Waals surface area contributed by atoms with Crippen molar-refractivity contribution in [3.05, 3.63) is 55.7 Å². The summed E-state index contributed by atoms with van der Waals surface area (Å²) in [6, 6.07) is 7.46. The molecule has 0 radical (unpaired) electrons. The number of carbonyl (C=O) groups excluding carboxylic acids is 2. The van der Waals surface area contributed by atoms with E-state index in [4.69, 9.17) is 16.3 Å². The van der Waals surface area contributed by atoms with Gasteiger partial charge in [-0.15, -0.1) is 11.3 Å². The summed E-state index contributed by atoms with van der Waals surface area (Å²) in [5.41, 5.74) is -0.125. The zero-order valence-electron chi connectivity index (χ0n) is 11.7. The Bertz CT molecular complexity index is 733. The number of halogens is 1. The predicted molar refractivity (Wildman–Crippen MR) is 85.7 cm³/mol. The number of rotatable bonds is 6. The Morgan fingerprint density at radius 3 is 2.78 bits per heavy atom. The van der Waals surface area contributed by atoms with Crippen LogP contribution < -0.4 is 5.32 Å². The summed E-state index contributed by atoms with van der Waals surface area (Å²) in [7, 11) is 0. The number of thiophene rings is 1. The number of esters is 1. The number of anilines is 1. The van der Waals surface area contributed by atoms with Crippen LogP contribution in [0.4, 0.5) is 11.4 Å². The van der Waals surface area contributed by atoms with Crippen LogP contribution in [0.2, 0.25) is 5.02 Å². The topological polar surface area (TPSA) is 98.5 Å². The fourth-order valence-electron chi connectivity index (χ4n) is 1.68. The first kappa shape index (κ1) is 16.9. The van der Waals surface area contributed by atoms with Crippen molar-refractivity contribution >= 4 is 46.2 Å². The first-order valence-corrected chi connectivity index (χ1v) is 7.63. The SMILES string of the molecule is O=C(COC(=O)Cc1cccs1)Nc1ccc(Cl)c([N+](=O)[O-])c1. The molecule has 7 nitrogen and oxygen atoms in total. The van der Waals surface area contributed by atoms with Gasteiger partial charge in [0.05, 0.1) is 11.3 Å². The molecule has 1 amide bonds. The van der Waals surface area contributed by atoms with E-state index in [0.717, 1.165) is 10.9 Å². The Balaban J connectivity index is 1.86. The van der Waals surface area contributed by atoms with Crippen molar-refractivity contribution in [2.45, 2.75) is 6.42 Å². The number of amides is 1. The summed E-state index contributed by atoms with van der Waals surface area (Å²) in [6.45, 7) is -0.472. The van der Waals surface area contributed by atoms with Crippen LogP contribution in [-0.4, -0.2) is 23.4 Å². The Kier molecular flexibility index (Phi) is 5.67. The standard InChI is InChI=1S/C14H11ClN2O5S/c15-11-4-3-9(6-12(11)17(20)21)16-13(18)8-22-14(19)7-10-2-1-5-23-10/h1-6H,7-8H2,(H,16,18). The van der Waals surface area contributed by atoms with Gasteiger partial charge in [-0.05, 0) is 23.6 Å². The smallest absolute Gasteiger partial charge is 0.311 e. The van der Waals surface area contributed by atoms with Crippen molar-refractivity contribution < 1.29 is 19.2 Å². The summed E-state index contributed by atoms with van der Waals surface area (Å²) in [6.07, 6.45) is 0.0946. The molecule has 2 rings (SSSR count). The first-order chi connectivity index (χ1) is 11.0. The first-order valence-electron chi connectivity index (χ1n) is 6.37. The third-order valence-corrected chi connectivity index (χ3v) is 3.89. The van der Waals surface area contributed by atoms with E-state index in [2.05, 4.69) is 5.32 Å². The van der Waals surface area contributed by atoms with E-state index in [1.165, 1.54) is 23.5 Å². The number of nitrogens with zero attached hydrogens (tertiary/aromatic N) is 1. The van der Waals surface area contributed by atoms with Gasteiger partial charge in [0.2, 0.25) is 0 Å². The molecule has 120 valence electrons. The van der Waals surface area contributed by atoms with Gasteiger partial charge in [0.1, 0.15) is 5.02 Å². The molecule has 0 fully saturated rings. The number of hydrogen-bond donors (Lipinski definition) is 1. The normalized spacial score (nSPS) is 10.1. The molecule has 0 aliphatic carbocycles. The number of benzene rings is 1. The van der Waals surface area contributed by atoms with E-state index in [0.29, 0.717) is 0 Å². The molecule has 0 saturated heterocycles.